The first-order valence-electron chi connectivity index (χ1n) is 7.86. The fourth-order valence-electron chi connectivity index (χ4n) is 3.11. The number of aryl methyl sites for hydroxylation is 1. The molecule has 2 aromatic heterocycles. The van der Waals surface area contributed by atoms with Gasteiger partial charge in [-0.15, -0.1) is 11.3 Å². The second-order valence-electron chi connectivity index (χ2n) is 6.36. The van der Waals surface area contributed by atoms with Crippen LogP contribution in [-0.4, -0.2) is 52.3 Å². The number of hydrogen-bond donors (Lipinski definition) is 0. The van der Waals surface area contributed by atoms with Crippen molar-refractivity contribution in [3.63, 3.8) is 0 Å². The summed E-state index contributed by atoms with van der Waals surface area (Å²) >= 11 is 1.49. The molecule has 3 rings (SSSR count). The van der Waals surface area contributed by atoms with E-state index in [2.05, 4.69) is 9.88 Å². The van der Waals surface area contributed by atoms with Crippen LogP contribution in [-0.2, 0) is 11.3 Å². The molecule has 1 aliphatic rings. The molecule has 7 heteroatoms. The zero-order chi connectivity index (χ0) is 16.6. The van der Waals surface area contributed by atoms with Crippen LogP contribution in [0, 0.1) is 12.8 Å². The number of carbonyl (C=O) groups is 1. The highest BCUT2D eigenvalue weighted by molar-refractivity contribution is 7.15. The third kappa shape index (κ3) is 3.30. The van der Waals surface area contributed by atoms with Crippen molar-refractivity contribution in [1.82, 2.24) is 19.2 Å². The van der Waals surface area contributed by atoms with Crippen LogP contribution in [0.2, 0.25) is 0 Å². The Labute approximate surface area is 139 Å². The number of nitrogens with zero attached hydrogens (tertiary/aromatic N) is 4. The van der Waals surface area contributed by atoms with E-state index < -0.39 is 0 Å². The molecule has 0 N–H and O–H groups in total. The van der Waals surface area contributed by atoms with Gasteiger partial charge >= 0.3 is 0 Å². The van der Waals surface area contributed by atoms with Crippen molar-refractivity contribution in [2.75, 3.05) is 27.2 Å². The van der Waals surface area contributed by atoms with Crippen LogP contribution >= 0.6 is 11.3 Å². The van der Waals surface area contributed by atoms with E-state index in [9.17, 15) is 9.59 Å². The second kappa shape index (κ2) is 6.41. The SMILES string of the molecule is Cc1csc2nc(CN3CCC(C(=O)N(C)C)CC3)cc(=O)n12. The van der Waals surface area contributed by atoms with E-state index in [0.29, 0.717) is 6.54 Å². The maximum absolute atomic E-state index is 12.2. The number of likely N-dealkylation sites (tertiary alicyclic amines) is 1. The minimum atomic E-state index is -0.0126. The number of rotatable bonds is 3. The van der Waals surface area contributed by atoms with Crippen molar-refractivity contribution < 1.29 is 4.79 Å². The van der Waals surface area contributed by atoms with E-state index in [1.165, 1.54) is 11.3 Å². The number of thiazole rings is 1. The van der Waals surface area contributed by atoms with Gasteiger partial charge in [0.25, 0.3) is 5.56 Å². The Hall–Kier alpha value is -1.73. The summed E-state index contributed by atoms with van der Waals surface area (Å²) in [5, 5.41) is 1.95. The van der Waals surface area contributed by atoms with E-state index >= 15 is 0 Å². The van der Waals surface area contributed by atoms with Gasteiger partial charge in [0.2, 0.25) is 5.91 Å². The first-order chi connectivity index (χ1) is 11.0. The summed E-state index contributed by atoms with van der Waals surface area (Å²) in [4.78, 5) is 33.5. The molecule has 0 spiro atoms. The lowest BCUT2D eigenvalue weighted by molar-refractivity contribution is -0.134. The Morgan fingerprint density at radius 1 is 1.39 bits per heavy atom. The molecule has 124 valence electrons. The molecule has 3 heterocycles. The summed E-state index contributed by atoms with van der Waals surface area (Å²) < 4.78 is 1.65. The minimum absolute atomic E-state index is 0.0126. The average molecular weight is 334 g/mol. The highest BCUT2D eigenvalue weighted by Gasteiger charge is 2.26. The van der Waals surface area contributed by atoms with Crippen LogP contribution in [0.5, 0.6) is 0 Å². The summed E-state index contributed by atoms with van der Waals surface area (Å²) in [5.41, 5.74) is 1.73. The summed E-state index contributed by atoms with van der Waals surface area (Å²) in [7, 11) is 3.62. The zero-order valence-electron chi connectivity index (χ0n) is 13.8. The van der Waals surface area contributed by atoms with E-state index in [1.54, 1.807) is 15.4 Å². The standard InChI is InChI=1S/C16H22N4O2S/c1-11-10-23-16-17-13(8-14(21)20(11)16)9-19-6-4-12(5-7-19)15(22)18(2)3/h8,10,12H,4-7,9H2,1-3H3. The zero-order valence-corrected chi connectivity index (χ0v) is 14.6. The Kier molecular flexibility index (Phi) is 4.50. The van der Waals surface area contributed by atoms with Crippen LogP contribution in [0.25, 0.3) is 4.96 Å². The first-order valence-corrected chi connectivity index (χ1v) is 8.74. The van der Waals surface area contributed by atoms with E-state index in [4.69, 9.17) is 0 Å². The predicted octanol–water partition coefficient (Wildman–Crippen LogP) is 1.36. The molecule has 1 fully saturated rings. The highest BCUT2D eigenvalue weighted by Crippen LogP contribution is 2.20. The van der Waals surface area contributed by atoms with E-state index in [1.807, 2.05) is 26.4 Å². The monoisotopic (exact) mass is 334 g/mol. The van der Waals surface area contributed by atoms with Gasteiger partial charge in [0, 0.05) is 43.7 Å². The third-order valence-electron chi connectivity index (χ3n) is 4.39. The Morgan fingerprint density at radius 2 is 2.09 bits per heavy atom. The van der Waals surface area contributed by atoms with Gasteiger partial charge in [0.05, 0.1) is 5.69 Å². The lowest BCUT2D eigenvalue weighted by atomic mass is 9.95. The van der Waals surface area contributed by atoms with Crippen LogP contribution < -0.4 is 5.56 Å². The largest absolute Gasteiger partial charge is 0.349 e. The Bertz CT molecular complexity index is 772. The normalized spacial score (nSPS) is 16.8. The molecule has 0 bridgehead atoms. The summed E-state index contributed by atoms with van der Waals surface area (Å²) in [6.45, 7) is 4.33. The van der Waals surface area contributed by atoms with Gasteiger partial charge in [-0.25, -0.2) is 4.98 Å². The number of hydrogen-bond acceptors (Lipinski definition) is 5. The molecule has 6 nitrogen and oxygen atoms in total. The maximum atomic E-state index is 12.2. The molecule has 0 unspecified atom stereocenters. The topological polar surface area (TPSA) is 57.9 Å². The molecular weight excluding hydrogens is 312 g/mol. The number of piperidine rings is 1. The average Bonchev–Trinajstić information content (AvgIpc) is 2.89. The van der Waals surface area contributed by atoms with Gasteiger partial charge < -0.3 is 4.90 Å². The molecule has 1 amide bonds. The fraction of sp³-hybridized carbons (Fsp3) is 0.562. The first kappa shape index (κ1) is 16.1. The van der Waals surface area contributed by atoms with Crippen LogP contribution in [0.3, 0.4) is 0 Å². The Morgan fingerprint density at radius 3 is 2.74 bits per heavy atom. The van der Waals surface area contributed by atoms with Crippen molar-refractivity contribution in [2.45, 2.75) is 26.3 Å². The summed E-state index contributed by atoms with van der Waals surface area (Å²) in [6, 6.07) is 1.63. The van der Waals surface area contributed by atoms with Crippen molar-refractivity contribution >= 4 is 22.2 Å². The lowest BCUT2D eigenvalue weighted by Gasteiger charge is -2.32. The smallest absolute Gasteiger partial charge is 0.259 e. The maximum Gasteiger partial charge on any atom is 0.259 e. The molecule has 0 aromatic carbocycles. The number of amides is 1. The van der Waals surface area contributed by atoms with Crippen LogP contribution in [0.4, 0.5) is 0 Å². The Balaban J connectivity index is 1.67. The molecular formula is C16H22N4O2S. The number of aromatic nitrogens is 2. The number of carbonyl (C=O) groups excluding carboxylic acids is 1. The molecule has 0 radical (unpaired) electrons. The summed E-state index contributed by atoms with van der Waals surface area (Å²) in [6.07, 6.45) is 1.74. The van der Waals surface area contributed by atoms with Crippen molar-refractivity contribution in [2.24, 2.45) is 5.92 Å². The van der Waals surface area contributed by atoms with Gasteiger partial charge in [0.1, 0.15) is 0 Å². The van der Waals surface area contributed by atoms with Crippen LogP contribution in [0.1, 0.15) is 24.2 Å². The molecule has 2 aromatic rings. The molecule has 1 saturated heterocycles. The minimum Gasteiger partial charge on any atom is -0.349 e. The van der Waals surface area contributed by atoms with Crippen molar-refractivity contribution in [3.05, 3.63) is 33.2 Å². The van der Waals surface area contributed by atoms with Gasteiger partial charge in [-0.3, -0.25) is 18.9 Å². The molecule has 23 heavy (non-hydrogen) atoms. The van der Waals surface area contributed by atoms with Gasteiger partial charge in [-0.1, -0.05) is 0 Å². The summed E-state index contributed by atoms with van der Waals surface area (Å²) in [5.74, 6) is 0.346. The number of fused-ring (bicyclic) bond motifs is 1. The molecule has 0 saturated carbocycles. The molecule has 0 aliphatic carbocycles. The lowest BCUT2D eigenvalue weighted by Crippen LogP contribution is -2.40. The second-order valence-corrected chi connectivity index (χ2v) is 7.20. The highest BCUT2D eigenvalue weighted by atomic mass is 32.1. The predicted molar refractivity (Wildman–Crippen MR) is 90.8 cm³/mol. The van der Waals surface area contributed by atoms with E-state index in [0.717, 1.165) is 42.3 Å². The van der Waals surface area contributed by atoms with Crippen molar-refractivity contribution in [1.29, 1.82) is 0 Å². The van der Waals surface area contributed by atoms with Gasteiger partial charge in [-0.05, 0) is 32.9 Å². The fourth-order valence-corrected chi connectivity index (χ4v) is 4.00. The quantitative estimate of drug-likeness (QED) is 0.850. The van der Waals surface area contributed by atoms with E-state index in [-0.39, 0.29) is 17.4 Å². The van der Waals surface area contributed by atoms with Crippen molar-refractivity contribution in [3.8, 4) is 0 Å². The van der Waals surface area contributed by atoms with Crippen LogP contribution in [0.15, 0.2) is 16.2 Å². The molecule has 0 atom stereocenters. The third-order valence-corrected chi connectivity index (χ3v) is 5.34. The van der Waals surface area contributed by atoms with Gasteiger partial charge in [-0.2, -0.15) is 0 Å². The van der Waals surface area contributed by atoms with Gasteiger partial charge in [0.15, 0.2) is 4.96 Å². The molecule has 1 aliphatic heterocycles.